The summed E-state index contributed by atoms with van der Waals surface area (Å²) < 4.78 is 15.2. The first-order valence-electron chi connectivity index (χ1n) is 6.18. The minimum absolute atomic E-state index is 0.351. The average Bonchev–Trinajstić information content (AvgIpc) is 2.78. The fourth-order valence-corrected chi connectivity index (χ4v) is 2.68. The van der Waals surface area contributed by atoms with Crippen LogP contribution in [0.1, 0.15) is 5.82 Å². The predicted molar refractivity (Wildman–Crippen MR) is 80.5 cm³/mol. The second-order valence-electron chi connectivity index (χ2n) is 4.39. The summed E-state index contributed by atoms with van der Waals surface area (Å²) in [6.07, 6.45) is 0.615. The van der Waals surface area contributed by atoms with Crippen LogP contribution in [-0.2, 0) is 6.42 Å². The topological polar surface area (TPSA) is 17.8 Å². The zero-order valence-corrected chi connectivity index (χ0v) is 12.0. The Hall–Kier alpha value is -1.58. The summed E-state index contributed by atoms with van der Waals surface area (Å²) in [5, 5.41) is 0.351. The van der Waals surface area contributed by atoms with Crippen LogP contribution < -0.4 is 0 Å². The molecule has 0 radical (unpaired) electrons. The Bertz CT molecular complexity index is 768. The van der Waals surface area contributed by atoms with Crippen LogP contribution in [0.4, 0.5) is 4.39 Å². The molecule has 0 bridgehead atoms. The third kappa shape index (κ3) is 2.28. The Balaban J connectivity index is 2.30. The molecule has 0 saturated carbocycles. The Labute approximate surface area is 125 Å². The highest BCUT2D eigenvalue weighted by atomic mass is 35.5. The molecule has 3 rings (SSSR count). The van der Waals surface area contributed by atoms with Crippen LogP contribution >= 0.6 is 23.2 Å². The van der Waals surface area contributed by atoms with Crippen molar-refractivity contribution in [2.24, 2.45) is 0 Å². The lowest BCUT2D eigenvalue weighted by molar-refractivity contribution is 0.627. The van der Waals surface area contributed by atoms with Crippen molar-refractivity contribution >= 4 is 34.2 Å². The van der Waals surface area contributed by atoms with Gasteiger partial charge >= 0.3 is 0 Å². The number of alkyl halides is 1. The fraction of sp³-hybridized carbons (Fsp3) is 0.133. The standard InChI is InChI=1S/C15H11Cl2FN2/c16-8-7-15-19-12-3-1-2-4-14(12)20(15)13-6-5-10(18)9-11(13)17/h1-6,9H,7-8H2. The number of benzene rings is 2. The molecule has 0 saturated heterocycles. The van der Waals surface area contributed by atoms with Gasteiger partial charge in [-0.3, -0.25) is 4.57 Å². The number of nitrogens with zero attached hydrogens (tertiary/aromatic N) is 2. The van der Waals surface area contributed by atoms with Crippen LogP contribution in [0.3, 0.4) is 0 Å². The van der Waals surface area contributed by atoms with E-state index >= 15 is 0 Å². The van der Waals surface area contributed by atoms with E-state index in [1.54, 1.807) is 6.07 Å². The van der Waals surface area contributed by atoms with Crippen molar-refractivity contribution in [1.29, 1.82) is 0 Å². The molecule has 1 aromatic heterocycles. The smallest absolute Gasteiger partial charge is 0.124 e. The first kappa shape index (κ1) is 13.4. The molecule has 102 valence electrons. The van der Waals surface area contributed by atoms with Crippen LogP contribution in [0, 0.1) is 5.82 Å². The Morgan fingerprint density at radius 1 is 1.15 bits per heavy atom. The zero-order chi connectivity index (χ0) is 14.1. The molecule has 0 N–H and O–H groups in total. The molecule has 0 spiro atoms. The number of aryl methyl sites for hydroxylation is 1. The number of halogens is 3. The van der Waals surface area contributed by atoms with Crippen LogP contribution in [-0.4, -0.2) is 15.4 Å². The van der Waals surface area contributed by atoms with Crippen LogP contribution in [0.25, 0.3) is 16.7 Å². The van der Waals surface area contributed by atoms with Gasteiger partial charge in [-0.1, -0.05) is 23.7 Å². The Morgan fingerprint density at radius 2 is 1.95 bits per heavy atom. The lowest BCUT2D eigenvalue weighted by Crippen LogP contribution is -2.03. The molecule has 0 amide bonds. The van der Waals surface area contributed by atoms with Crippen molar-refractivity contribution in [2.45, 2.75) is 6.42 Å². The number of fused-ring (bicyclic) bond motifs is 1. The van der Waals surface area contributed by atoms with Crippen LogP contribution in [0.2, 0.25) is 5.02 Å². The quantitative estimate of drug-likeness (QED) is 0.647. The maximum atomic E-state index is 13.2. The minimum atomic E-state index is -0.359. The van der Waals surface area contributed by atoms with E-state index in [0.29, 0.717) is 23.0 Å². The summed E-state index contributed by atoms with van der Waals surface area (Å²) >= 11 is 12.0. The summed E-state index contributed by atoms with van der Waals surface area (Å²) in [6.45, 7) is 0. The highest BCUT2D eigenvalue weighted by Crippen LogP contribution is 2.27. The van der Waals surface area contributed by atoms with E-state index in [9.17, 15) is 4.39 Å². The fourth-order valence-electron chi connectivity index (χ4n) is 2.26. The van der Waals surface area contributed by atoms with Crippen molar-refractivity contribution in [3.05, 3.63) is 59.1 Å². The summed E-state index contributed by atoms with van der Waals surface area (Å²) in [6, 6.07) is 12.1. The maximum absolute atomic E-state index is 13.2. The zero-order valence-electron chi connectivity index (χ0n) is 10.5. The second-order valence-corrected chi connectivity index (χ2v) is 5.17. The predicted octanol–water partition coefficient (Wildman–Crippen LogP) is 4.60. The number of imidazole rings is 1. The van der Waals surface area contributed by atoms with Crippen LogP contribution in [0.5, 0.6) is 0 Å². The lowest BCUT2D eigenvalue weighted by Gasteiger charge is -2.10. The summed E-state index contributed by atoms with van der Waals surface area (Å²) in [7, 11) is 0. The van der Waals surface area contributed by atoms with Crippen molar-refractivity contribution in [3.63, 3.8) is 0 Å². The van der Waals surface area contributed by atoms with E-state index < -0.39 is 0 Å². The van der Waals surface area contributed by atoms with Gasteiger partial charge in [0.15, 0.2) is 0 Å². The van der Waals surface area contributed by atoms with Gasteiger partial charge in [-0.25, -0.2) is 9.37 Å². The van der Waals surface area contributed by atoms with E-state index in [4.69, 9.17) is 23.2 Å². The molecular weight excluding hydrogens is 298 g/mol. The van der Waals surface area contributed by atoms with E-state index in [2.05, 4.69) is 4.98 Å². The van der Waals surface area contributed by atoms with Gasteiger partial charge in [-0.15, -0.1) is 11.6 Å². The second kappa shape index (κ2) is 5.43. The van der Waals surface area contributed by atoms with E-state index in [1.807, 2.05) is 28.8 Å². The van der Waals surface area contributed by atoms with Gasteiger partial charge < -0.3 is 0 Å². The van der Waals surface area contributed by atoms with Crippen molar-refractivity contribution in [2.75, 3.05) is 5.88 Å². The van der Waals surface area contributed by atoms with Crippen LogP contribution in [0.15, 0.2) is 42.5 Å². The molecule has 3 aromatic rings. The third-order valence-corrected chi connectivity index (χ3v) is 3.59. The normalized spacial score (nSPS) is 11.2. The molecule has 0 aliphatic carbocycles. The summed E-state index contributed by atoms with van der Waals surface area (Å²) in [5.41, 5.74) is 2.51. The van der Waals surface area contributed by atoms with Gasteiger partial charge in [0, 0.05) is 12.3 Å². The van der Waals surface area contributed by atoms with Gasteiger partial charge in [-0.05, 0) is 30.3 Å². The van der Waals surface area contributed by atoms with Gasteiger partial charge in [0.2, 0.25) is 0 Å². The highest BCUT2D eigenvalue weighted by Gasteiger charge is 2.14. The van der Waals surface area contributed by atoms with Gasteiger partial charge in [-0.2, -0.15) is 0 Å². The molecule has 1 heterocycles. The number of aromatic nitrogens is 2. The van der Waals surface area contributed by atoms with E-state index in [1.165, 1.54) is 12.1 Å². The first-order chi connectivity index (χ1) is 9.70. The molecular formula is C15H11Cl2FN2. The molecule has 20 heavy (non-hydrogen) atoms. The molecule has 0 unspecified atom stereocenters. The van der Waals surface area contributed by atoms with Gasteiger partial charge in [0.1, 0.15) is 11.6 Å². The van der Waals surface area contributed by atoms with E-state index in [0.717, 1.165) is 16.9 Å². The Morgan fingerprint density at radius 3 is 2.70 bits per heavy atom. The SMILES string of the molecule is Fc1ccc(-n2c(CCCl)nc3ccccc32)c(Cl)c1. The third-order valence-electron chi connectivity index (χ3n) is 3.10. The first-order valence-corrected chi connectivity index (χ1v) is 7.09. The van der Waals surface area contributed by atoms with Crippen molar-refractivity contribution in [3.8, 4) is 5.69 Å². The molecule has 0 aliphatic heterocycles. The van der Waals surface area contributed by atoms with Gasteiger partial charge in [0.05, 0.1) is 21.7 Å². The monoisotopic (exact) mass is 308 g/mol. The molecule has 2 aromatic carbocycles. The number of hydrogen-bond donors (Lipinski definition) is 0. The summed E-state index contributed by atoms with van der Waals surface area (Å²) in [4.78, 5) is 4.57. The Kier molecular flexibility index (Phi) is 3.64. The number of para-hydroxylation sites is 2. The number of hydrogen-bond acceptors (Lipinski definition) is 1. The maximum Gasteiger partial charge on any atom is 0.124 e. The molecule has 0 atom stereocenters. The number of rotatable bonds is 3. The highest BCUT2D eigenvalue weighted by molar-refractivity contribution is 6.32. The molecule has 2 nitrogen and oxygen atoms in total. The largest absolute Gasteiger partial charge is 0.295 e. The summed E-state index contributed by atoms with van der Waals surface area (Å²) in [5.74, 6) is 0.916. The molecule has 5 heteroatoms. The molecule has 0 aliphatic rings. The van der Waals surface area contributed by atoms with Gasteiger partial charge in [0.25, 0.3) is 0 Å². The minimum Gasteiger partial charge on any atom is -0.295 e. The van der Waals surface area contributed by atoms with E-state index in [-0.39, 0.29) is 5.82 Å². The molecule has 0 fully saturated rings. The average molecular weight is 309 g/mol. The van der Waals surface area contributed by atoms with Crippen molar-refractivity contribution in [1.82, 2.24) is 9.55 Å². The van der Waals surface area contributed by atoms with Crippen molar-refractivity contribution < 1.29 is 4.39 Å². The lowest BCUT2D eigenvalue weighted by atomic mass is 10.2.